The third-order valence-electron chi connectivity index (χ3n) is 9.95. The summed E-state index contributed by atoms with van der Waals surface area (Å²) in [5.74, 6) is 1.76. The minimum Gasteiger partial charge on any atom is -0.431 e. The molecule has 1 aromatic heterocycles. The van der Waals surface area contributed by atoms with E-state index in [1.165, 1.54) is 12.5 Å². The van der Waals surface area contributed by atoms with Crippen LogP contribution in [-0.4, -0.2) is 21.9 Å². The van der Waals surface area contributed by atoms with Gasteiger partial charge in [-0.15, -0.1) is 0 Å². The standard InChI is InChI=1S/C24H34O4/c1-22-10-7-17(25)13-16(22)4-5-20-19(22)8-11-23(2)18(9-12-24(20,23)27)15-3-6-21(26)28-14-15/h3,6,14,16-20,25,27H,4-5,7-13H2,1-2H3/t16-,17-,18-,19+,20-,22+,23-,24-/m1/s1. The van der Waals surface area contributed by atoms with E-state index in [0.29, 0.717) is 17.8 Å². The van der Waals surface area contributed by atoms with Crippen LogP contribution in [0.15, 0.2) is 27.6 Å². The molecule has 1 aromatic rings. The molecule has 154 valence electrons. The molecule has 4 aliphatic carbocycles. The monoisotopic (exact) mass is 386 g/mol. The van der Waals surface area contributed by atoms with Gasteiger partial charge in [0.25, 0.3) is 0 Å². The maximum atomic E-state index is 12.2. The second kappa shape index (κ2) is 6.18. The van der Waals surface area contributed by atoms with E-state index in [4.69, 9.17) is 4.42 Å². The van der Waals surface area contributed by atoms with Gasteiger partial charge in [0.2, 0.25) is 0 Å². The summed E-state index contributed by atoms with van der Waals surface area (Å²) < 4.78 is 5.17. The first kappa shape index (κ1) is 18.9. The van der Waals surface area contributed by atoms with Gasteiger partial charge in [0.15, 0.2) is 0 Å². The summed E-state index contributed by atoms with van der Waals surface area (Å²) in [4.78, 5) is 11.4. The summed E-state index contributed by atoms with van der Waals surface area (Å²) in [7, 11) is 0. The predicted octanol–water partition coefficient (Wildman–Crippen LogP) is 4.24. The highest BCUT2D eigenvalue weighted by Crippen LogP contribution is 2.70. The van der Waals surface area contributed by atoms with Crippen molar-refractivity contribution in [3.63, 3.8) is 0 Å². The molecule has 28 heavy (non-hydrogen) atoms. The number of hydrogen-bond acceptors (Lipinski definition) is 4. The van der Waals surface area contributed by atoms with Gasteiger partial charge in [0, 0.05) is 11.5 Å². The molecule has 4 fully saturated rings. The third kappa shape index (κ3) is 2.40. The van der Waals surface area contributed by atoms with Crippen LogP contribution in [0.2, 0.25) is 0 Å². The van der Waals surface area contributed by atoms with Crippen molar-refractivity contribution in [2.75, 3.05) is 0 Å². The fourth-order valence-corrected chi connectivity index (χ4v) is 8.30. The molecule has 4 nitrogen and oxygen atoms in total. The average molecular weight is 387 g/mol. The minimum atomic E-state index is -0.638. The van der Waals surface area contributed by atoms with E-state index in [1.807, 2.05) is 6.07 Å². The Morgan fingerprint density at radius 2 is 1.82 bits per heavy atom. The quantitative estimate of drug-likeness (QED) is 0.757. The maximum absolute atomic E-state index is 12.2. The lowest BCUT2D eigenvalue weighted by molar-refractivity contribution is -0.205. The molecule has 0 aliphatic heterocycles. The second-order valence-corrected chi connectivity index (χ2v) is 10.8. The molecule has 0 saturated heterocycles. The summed E-state index contributed by atoms with van der Waals surface area (Å²) in [5.41, 5.74) is 0.219. The topological polar surface area (TPSA) is 70.7 Å². The number of fused-ring (bicyclic) bond motifs is 5. The highest BCUT2D eigenvalue weighted by atomic mass is 16.4. The Hall–Kier alpha value is -1.13. The number of rotatable bonds is 1. The van der Waals surface area contributed by atoms with Crippen LogP contribution in [0.4, 0.5) is 0 Å². The molecule has 5 rings (SSSR count). The van der Waals surface area contributed by atoms with Crippen LogP contribution in [0, 0.1) is 28.6 Å². The zero-order valence-corrected chi connectivity index (χ0v) is 17.2. The van der Waals surface area contributed by atoms with E-state index in [-0.39, 0.29) is 28.5 Å². The number of hydrogen-bond donors (Lipinski definition) is 2. The zero-order chi connectivity index (χ0) is 19.7. The van der Waals surface area contributed by atoms with Gasteiger partial charge >= 0.3 is 5.63 Å². The van der Waals surface area contributed by atoms with Crippen molar-refractivity contribution in [3.8, 4) is 0 Å². The van der Waals surface area contributed by atoms with Gasteiger partial charge in [-0.3, -0.25) is 0 Å². The summed E-state index contributed by atoms with van der Waals surface area (Å²) >= 11 is 0. The molecular formula is C24H34O4. The Morgan fingerprint density at radius 3 is 2.57 bits per heavy atom. The van der Waals surface area contributed by atoms with Crippen LogP contribution in [0.25, 0.3) is 0 Å². The molecule has 0 unspecified atom stereocenters. The SMILES string of the molecule is C[C@]12CC[C@@H](O)C[C@H]1CC[C@@H]1[C@@H]2CC[C@]2(C)[C@@H](c3ccc(=O)oc3)CC[C@@]12O. The van der Waals surface area contributed by atoms with Gasteiger partial charge in [-0.2, -0.15) is 0 Å². The third-order valence-corrected chi connectivity index (χ3v) is 9.95. The Balaban J connectivity index is 1.48. The molecule has 4 heteroatoms. The van der Waals surface area contributed by atoms with Crippen LogP contribution in [0.3, 0.4) is 0 Å². The van der Waals surface area contributed by atoms with Gasteiger partial charge < -0.3 is 14.6 Å². The van der Waals surface area contributed by atoms with Gasteiger partial charge in [-0.05, 0) is 98.5 Å². The molecule has 1 heterocycles. The highest BCUT2D eigenvalue weighted by Gasteiger charge is 2.67. The Kier molecular flexibility index (Phi) is 4.17. The van der Waals surface area contributed by atoms with Crippen LogP contribution in [0.1, 0.15) is 83.1 Å². The maximum Gasteiger partial charge on any atom is 0.335 e. The lowest BCUT2D eigenvalue weighted by Gasteiger charge is -2.63. The summed E-state index contributed by atoms with van der Waals surface area (Å²) in [6.07, 6.45) is 10.7. The van der Waals surface area contributed by atoms with Crippen LogP contribution >= 0.6 is 0 Å². The van der Waals surface area contributed by atoms with E-state index in [9.17, 15) is 15.0 Å². The molecule has 0 aromatic carbocycles. The molecule has 2 N–H and O–H groups in total. The largest absolute Gasteiger partial charge is 0.431 e. The summed E-state index contributed by atoms with van der Waals surface area (Å²) in [5, 5.41) is 22.4. The average Bonchev–Trinajstić information content (AvgIpc) is 2.95. The van der Waals surface area contributed by atoms with Crippen molar-refractivity contribution >= 4 is 0 Å². The van der Waals surface area contributed by atoms with Crippen molar-refractivity contribution in [3.05, 3.63) is 34.4 Å². The summed E-state index contributed by atoms with van der Waals surface area (Å²) in [6, 6.07) is 3.42. The van der Waals surface area contributed by atoms with Crippen molar-refractivity contribution in [1.29, 1.82) is 0 Å². The summed E-state index contributed by atoms with van der Waals surface area (Å²) in [6.45, 7) is 4.73. The van der Waals surface area contributed by atoms with E-state index >= 15 is 0 Å². The Labute approximate surface area is 167 Å². The van der Waals surface area contributed by atoms with E-state index in [1.54, 1.807) is 6.26 Å². The Bertz CT molecular complexity index is 797. The zero-order valence-electron chi connectivity index (χ0n) is 17.2. The van der Waals surface area contributed by atoms with E-state index in [2.05, 4.69) is 13.8 Å². The number of aliphatic hydroxyl groups is 2. The van der Waals surface area contributed by atoms with Gasteiger partial charge in [-0.1, -0.05) is 13.8 Å². The Morgan fingerprint density at radius 1 is 1.00 bits per heavy atom. The smallest absolute Gasteiger partial charge is 0.335 e. The fraction of sp³-hybridized carbons (Fsp3) is 0.792. The first-order chi connectivity index (χ1) is 13.3. The van der Waals surface area contributed by atoms with Crippen molar-refractivity contribution < 1.29 is 14.6 Å². The first-order valence-electron chi connectivity index (χ1n) is 11.3. The molecular weight excluding hydrogens is 352 g/mol. The van der Waals surface area contributed by atoms with Gasteiger partial charge in [-0.25, -0.2) is 4.79 Å². The first-order valence-corrected chi connectivity index (χ1v) is 11.3. The molecule has 0 bridgehead atoms. The number of aliphatic hydroxyl groups excluding tert-OH is 1. The lowest BCUT2D eigenvalue weighted by Crippen LogP contribution is -2.62. The molecule has 8 atom stereocenters. The molecule has 4 aliphatic rings. The second-order valence-electron chi connectivity index (χ2n) is 10.8. The fourth-order valence-electron chi connectivity index (χ4n) is 8.30. The lowest BCUT2D eigenvalue weighted by atomic mass is 9.43. The van der Waals surface area contributed by atoms with Crippen molar-refractivity contribution in [2.24, 2.45) is 28.6 Å². The van der Waals surface area contributed by atoms with E-state index < -0.39 is 5.60 Å². The van der Waals surface area contributed by atoms with Gasteiger partial charge in [0.1, 0.15) is 0 Å². The molecule has 0 amide bonds. The minimum absolute atomic E-state index is 0.129. The van der Waals surface area contributed by atoms with E-state index in [0.717, 1.165) is 56.9 Å². The van der Waals surface area contributed by atoms with Gasteiger partial charge in [0.05, 0.1) is 18.0 Å². The molecule has 0 spiro atoms. The molecule has 4 saturated carbocycles. The van der Waals surface area contributed by atoms with Crippen LogP contribution < -0.4 is 5.63 Å². The van der Waals surface area contributed by atoms with Crippen molar-refractivity contribution in [2.45, 2.75) is 89.3 Å². The van der Waals surface area contributed by atoms with Crippen LogP contribution in [-0.2, 0) is 0 Å². The predicted molar refractivity (Wildman–Crippen MR) is 107 cm³/mol. The van der Waals surface area contributed by atoms with Crippen molar-refractivity contribution in [1.82, 2.24) is 0 Å². The normalized spacial score (nSPS) is 50.5. The van der Waals surface area contributed by atoms with Crippen LogP contribution in [0.5, 0.6) is 0 Å². The molecule has 0 radical (unpaired) electrons. The highest BCUT2D eigenvalue weighted by molar-refractivity contribution is 5.27.